The summed E-state index contributed by atoms with van der Waals surface area (Å²) in [6.07, 6.45) is 14.1. The molecule has 0 aromatic heterocycles. The lowest BCUT2D eigenvalue weighted by Crippen LogP contribution is -2.18. The molecule has 0 spiro atoms. The molecule has 0 unspecified atom stereocenters. The van der Waals surface area contributed by atoms with E-state index in [0.29, 0.717) is 11.1 Å². The second-order valence-corrected chi connectivity index (χ2v) is 10.9. The quantitative estimate of drug-likeness (QED) is 0.356. The van der Waals surface area contributed by atoms with Crippen LogP contribution in [0.5, 0.6) is 0 Å². The zero-order chi connectivity index (χ0) is 23.9. The average Bonchev–Trinajstić information content (AvgIpc) is 2.87. The van der Waals surface area contributed by atoms with Gasteiger partial charge in [-0.15, -0.1) is 0 Å². The Balaban J connectivity index is 1.34. The van der Waals surface area contributed by atoms with Crippen LogP contribution in [0.1, 0.15) is 94.6 Å². The highest BCUT2D eigenvalue weighted by molar-refractivity contribution is 5.65. The summed E-state index contributed by atoms with van der Waals surface area (Å²) in [5, 5.41) is 0. The zero-order valence-corrected chi connectivity index (χ0v) is 21.1. The van der Waals surface area contributed by atoms with Crippen molar-refractivity contribution in [2.24, 2.45) is 17.8 Å². The Hall–Kier alpha value is -1.74. The van der Waals surface area contributed by atoms with E-state index in [0.717, 1.165) is 62.0 Å². The first-order valence-electron chi connectivity index (χ1n) is 13.6. The van der Waals surface area contributed by atoms with Crippen LogP contribution in [-0.2, 0) is 11.2 Å². The molecular weight excluding hydrogens is 426 g/mol. The highest BCUT2D eigenvalue weighted by atomic mass is 19.2. The molecular formula is C31H42F2O. The molecule has 3 heteroatoms. The second kappa shape index (κ2) is 12.3. The molecule has 186 valence electrons. The smallest absolute Gasteiger partial charge is 0.166 e. The van der Waals surface area contributed by atoms with E-state index >= 15 is 8.78 Å². The van der Waals surface area contributed by atoms with Gasteiger partial charge < -0.3 is 4.74 Å². The Morgan fingerprint density at radius 2 is 1.35 bits per heavy atom. The third-order valence-electron chi connectivity index (χ3n) is 8.57. The van der Waals surface area contributed by atoms with Crippen molar-refractivity contribution < 1.29 is 13.5 Å². The number of benzene rings is 2. The maximum atomic E-state index is 15.1. The van der Waals surface area contributed by atoms with Crippen LogP contribution in [0.4, 0.5) is 8.78 Å². The van der Waals surface area contributed by atoms with Gasteiger partial charge in [-0.1, -0.05) is 69.0 Å². The minimum Gasteiger partial charge on any atom is -0.384 e. The Morgan fingerprint density at radius 1 is 0.735 bits per heavy atom. The standard InChI is InChI=1S/C31H42F2O/c1-3-4-22-11-15-26(16-12-22)28-19-20-29(31(33)30(28)32)27-17-13-24(14-18-27)6-5-23-7-9-25(10-8-23)21-34-2/h13-14,17-20,22-23,25-26H,3-12,15-16,21H2,1-2H3. The van der Waals surface area contributed by atoms with Crippen LogP contribution in [-0.4, -0.2) is 13.7 Å². The Bertz CT molecular complexity index is 890. The molecule has 0 radical (unpaired) electrons. The van der Waals surface area contributed by atoms with Crippen molar-refractivity contribution in [2.45, 2.75) is 89.9 Å². The maximum Gasteiger partial charge on any atom is 0.166 e. The fourth-order valence-electron chi connectivity index (χ4n) is 6.42. The lowest BCUT2D eigenvalue weighted by atomic mass is 9.77. The molecule has 2 aromatic rings. The van der Waals surface area contributed by atoms with Crippen LogP contribution in [0.15, 0.2) is 36.4 Å². The summed E-state index contributed by atoms with van der Waals surface area (Å²) in [6.45, 7) is 3.12. The first-order chi connectivity index (χ1) is 16.6. The molecule has 0 atom stereocenters. The van der Waals surface area contributed by atoms with Crippen molar-refractivity contribution in [3.63, 3.8) is 0 Å². The Morgan fingerprint density at radius 3 is 2.00 bits per heavy atom. The van der Waals surface area contributed by atoms with E-state index in [2.05, 4.69) is 19.1 Å². The molecule has 4 rings (SSSR count). The van der Waals surface area contributed by atoms with Gasteiger partial charge in [-0.3, -0.25) is 0 Å². The molecule has 34 heavy (non-hydrogen) atoms. The summed E-state index contributed by atoms with van der Waals surface area (Å²) in [6, 6.07) is 11.7. The Labute approximate surface area is 205 Å². The van der Waals surface area contributed by atoms with Crippen molar-refractivity contribution in [1.82, 2.24) is 0 Å². The molecule has 2 aliphatic carbocycles. The van der Waals surface area contributed by atoms with Gasteiger partial charge in [0.1, 0.15) is 0 Å². The van der Waals surface area contributed by atoms with Crippen molar-refractivity contribution in [3.05, 3.63) is 59.2 Å². The number of ether oxygens (including phenoxy) is 1. The van der Waals surface area contributed by atoms with E-state index in [9.17, 15) is 0 Å². The van der Waals surface area contributed by atoms with E-state index in [1.54, 1.807) is 13.2 Å². The van der Waals surface area contributed by atoms with Crippen LogP contribution in [0, 0.1) is 29.4 Å². The summed E-state index contributed by atoms with van der Waals surface area (Å²) >= 11 is 0. The van der Waals surface area contributed by atoms with E-state index in [-0.39, 0.29) is 5.92 Å². The molecule has 0 amide bonds. The highest BCUT2D eigenvalue weighted by Crippen LogP contribution is 2.40. The third-order valence-corrected chi connectivity index (χ3v) is 8.57. The average molecular weight is 469 g/mol. The minimum atomic E-state index is -0.686. The van der Waals surface area contributed by atoms with Gasteiger partial charge in [-0.2, -0.15) is 0 Å². The molecule has 0 bridgehead atoms. The van der Waals surface area contributed by atoms with Gasteiger partial charge in [0, 0.05) is 19.3 Å². The van der Waals surface area contributed by atoms with Crippen LogP contribution in [0.3, 0.4) is 0 Å². The van der Waals surface area contributed by atoms with Gasteiger partial charge in [-0.05, 0) is 91.7 Å². The lowest BCUT2D eigenvalue weighted by molar-refractivity contribution is 0.117. The fourth-order valence-corrected chi connectivity index (χ4v) is 6.42. The van der Waals surface area contributed by atoms with Gasteiger partial charge >= 0.3 is 0 Å². The maximum absolute atomic E-state index is 15.1. The molecule has 2 saturated carbocycles. The largest absolute Gasteiger partial charge is 0.384 e. The van der Waals surface area contributed by atoms with Gasteiger partial charge in [0.25, 0.3) is 0 Å². The topological polar surface area (TPSA) is 9.23 Å². The summed E-state index contributed by atoms with van der Waals surface area (Å²) in [5.74, 6) is 1.13. The van der Waals surface area contributed by atoms with Crippen LogP contribution >= 0.6 is 0 Å². The van der Waals surface area contributed by atoms with Crippen LogP contribution in [0.25, 0.3) is 11.1 Å². The lowest BCUT2D eigenvalue weighted by Gasteiger charge is -2.29. The van der Waals surface area contributed by atoms with Gasteiger partial charge in [-0.25, -0.2) is 8.78 Å². The Kier molecular flexibility index (Phi) is 9.17. The summed E-state index contributed by atoms with van der Waals surface area (Å²) in [4.78, 5) is 0. The predicted octanol–water partition coefficient (Wildman–Crippen LogP) is 9.09. The predicted molar refractivity (Wildman–Crippen MR) is 137 cm³/mol. The second-order valence-electron chi connectivity index (χ2n) is 10.9. The minimum absolute atomic E-state index is 0.156. The number of methoxy groups -OCH3 is 1. The number of rotatable bonds is 9. The number of hydrogen-bond donors (Lipinski definition) is 0. The number of hydrogen-bond acceptors (Lipinski definition) is 1. The van der Waals surface area contributed by atoms with Gasteiger partial charge in [0.05, 0.1) is 0 Å². The molecule has 0 aliphatic heterocycles. The van der Waals surface area contributed by atoms with Crippen molar-refractivity contribution in [1.29, 1.82) is 0 Å². The van der Waals surface area contributed by atoms with E-state index in [1.807, 2.05) is 18.2 Å². The van der Waals surface area contributed by atoms with Crippen LogP contribution < -0.4 is 0 Å². The van der Waals surface area contributed by atoms with Crippen LogP contribution in [0.2, 0.25) is 0 Å². The molecule has 0 heterocycles. The van der Waals surface area contributed by atoms with E-state index in [1.165, 1.54) is 50.5 Å². The first kappa shape index (κ1) is 25.4. The zero-order valence-electron chi connectivity index (χ0n) is 21.1. The molecule has 0 saturated heterocycles. The van der Waals surface area contributed by atoms with Crippen molar-refractivity contribution in [3.8, 4) is 11.1 Å². The summed E-state index contributed by atoms with van der Waals surface area (Å²) in [5.41, 5.74) is 3.00. The monoisotopic (exact) mass is 468 g/mol. The number of halogens is 2. The normalized spacial score (nSPS) is 25.4. The molecule has 1 nitrogen and oxygen atoms in total. The first-order valence-corrected chi connectivity index (χ1v) is 13.6. The molecule has 2 aliphatic rings. The third kappa shape index (κ3) is 6.27. The molecule has 2 fully saturated rings. The van der Waals surface area contributed by atoms with Crippen molar-refractivity contribution >= 4 is 0 Å². The van der Waals surface area contributed by atoms with Gasteiger partial charge in [0.2, 0.25) is 0 Å². The van der Waals surface area contributed by atoms with E-state index < -0.39 is 11.6 Å². The SMILES string of the molecule is CCCC1CCC(c2ccc(-c3ccc(CCC4CCC(COC)CC4)cc3)c(F)c2F)CC1. The van der Waals surface area contributed by atoms with Gasteiger partial charge in [0.15, 0.2) is 11.6 Å². The van der Waals surface area contributed by atoms with Crippen molar-refractivity contribution in [2.75, 3.05) is 13.7 Å². The van der Waals surface area contributed by atoms with E-state index in [4.69, 9.17) is 4.74 Å². The summed E-state index contributed by atoms with van der Waals surface area (Å²) in [7, 11) is 1.80. The molecule has 2 aromatic carbocycles. The number of aryl methyl sites for hydroxylation is 1. The fraction of sp³-hybridized carbons (Fsp3) is 0.613. The highest BCUT2D eigenvalue weighted by Gasteiger charge is 2.26. The molecule has 0 N–H and O–H groups in total. The summed E-state index contributed by atoms with van der Waals surface area (Å²) < 4.78 is 35.5.